The van der Waals surface area contributed by atoms with Gasteiger partial charge in [0.05, 0.1) is 26.2 Å². The summed E-state index contributed by atoms with van der Waals surface area (Å²) in [5, 5.41) is 4.80. The van der Waals surface area contributed by atoms with E-state index in [0.29, 0.717) is 11.1 Å². The van der Waals surface area contributed by atoms with E-state index in [1.165, 1.54) is 11.1 Å². The molecule has 0 aromatic heterocycles. The highest BCUT2D eigenvalue weighted by Crippen LogP contribution is 2.20. The highest BCUT2D eigenvalue weighted by molar-refractivity contribution is 7.80. The van der Waals surface area contributed by atoms with E-state index in [-0.39, 0.29) is 0 Å². The van der Waals surface area contributed by atoms with Gasteiger partial charge in [-0.25, -0.2) is 0 Å². The second kappa shape index (κ2) is 9.40. The van der Waals surface area contributed by atoms with Crippen LogP contribution in [-0.4, -0.2) is 36.2 Å². The molecule has 0 amide bonds. The van der Waals surface area contributed by atoms with Crippen LogP contribution in [0.25, 0.3) is 0 Å². The van der Waals surface area contributed by atoms with E-state index >= 15 is 0 Å². The van der Waals surface area contributed by atoms with E-state index in [1.54, 1.807) is 4.90 Å². The van der Waals surface area contributed by atoms with Gasteiger partial charge in [-0.15, -0.1) is 0 Å². The van der Waals surface area contributed by atoms with Crippen LogP contribution in [0.4, 0.5) is 5.69 Å². The molecule has 29 heavy (non-hydrogen) atoms. The molecular weight excluding hydrogens is 398 g/mol. The number of halogens is 1. The first-order chi connectivity index (χ1) is 14.2. The summed E-state index contributed by atoms with van der Waals surface area (Å²) in [4.78, 5) is 3.83. The van der Waals surface area contributed by atoms with Crippen LogP contribution in [0.3, 0.4) is 0 Å². The number of thiocarbonyl (C=S) groups is 1. The van der Waals surface area contributed by atoms with E-state index < -0.39 is 0 Å². The maximum atomic E-state index is 6.08. The van der Waals surface area contributed by atoms with E-state index in [9.17, 15) is 0 Å². The first kappa shape index (κ1) is 19.9. The predicted molar refractivity (Wildman–Crippen MR) is 125 cm³/mol. The van der Waals surface area contributed by atoms with Crippen LogP contribution in [-0.2, 0) is 0 Å². The number of hydrogen-bond donors (Lipinski definition) is 2. The molecule has 0 radical (unpaired) electrons. The van der Waals surface area contributed by atoms with Gasteiger partial charge in [-0.1, -0.05) is 78.3 Å². The largest absolute Gasteiger partial charge is 0.338 e. The lowest BCUT2D eigenvalue weighted by Crippen LogP contribution is -3.15. The first-order valence-electron chi connectivity index (χ1n) is 9.97. The highest BCUT2D eigenvalue weighted by atomic mass is 35.5. The standard InChI is InChI=1S/C24H24ClN3S/c25-21-12-7-13-22(18-21)26-24(29)28-16-14-27(15-17-28)23(19-8-3-1-4-9-19)20-10-5-2-6-11-20/h1-13,18,23H,14-17H2,(H,26,29)/p+1. The lowest BCUT2D eigenvalue weighted by Gasteiger charge is -2.38. The monoisotopic (exact) mass is 422 g/mol. The van der Waals surface area contributed by atoms with Gasteiger partial charge in [0, 0.05) is 21.8 Å². The fourth-order valence-corrected chi connectivity index (χ4v) is 4.50. The van der Waals surface area contributed by atoms with Gasteiger partial charge in [0.25, 0.3) is 0 Å². The number of nitrogens with one attached hydrogen (secondary N) is 2. The molecule has 2 N–H and O–H groups in total. The van der Waals surface area contributed by atoms with Crippen LogP contribution in [0, 0.1) is 0 Å². The highest BCUT2D eigenvalue weighted by Gasteiger charge is 2.30. The van der Waals surface area contributed by atoms with Crippen molar-refractivity contribution < 1.29 is 4.90 Å². The Labute approximate surface area is 182 Å². The molecule has 3 nitrogen and oxygen atoms in total. The predicted octanol–water partition coefficient (Wildman–Crippen LogP) is 4.03. The van der Waals surface area contributed by atoms with Crippen molar-refractivity contribution in [3.05, 3.63) is 101 Å². The summed E-state index contributed by atoms with van der Waals surface area (Å²) in [6.07, 6.45) is 0. The van der Waals surface area contributed by atoms with Gasteiger partial charge < -0.3 is 15.1 Å². The third-order valence-electron chi connectivity index (χ3n) is 5.44. The summed E-state index contributed by atoms with van der Waals surface area (Å²) in [5.74, 6) is 0. The minimum atomic E-state index is 0.342. The molecule has 1 saturated heterocycles. The minimum Gasteiger partial charge on any atom is -0.338 e. The number of anilines is 1. The second-order valence-electron chi connectivity index (χ2n) is 7.34. The molecule has 4 rings (SSSR count). The van der Waals surface area contributed by atoms with Crippen molar-refractivity contribution in [3.8, 4) is 0 Å². The molecule has 0 bridgehead atoms. The molecule has 1 aliphatic heterocycles. The molecule has 148 valence electrons. The summed E-state index contributed by atoms with van der Waals surface area (Å²) in [7, 11) is 0. The van der Waals surface area contributed by atoms with E-state index in [0.717, 1.165) is 37.0 Å². The van der Waals surface area contributed by atoms with Crippen LogP contribution in [0.5, 0.6) is 0 Å². The number of benzene rings is 3. The zero-order valence-electron chi connectivity index (χ0n) is 16.2. The number of hydrogen-bond acceptors (Lipinski definition) is 1. The van der Waals surface area contributed by atoms with Crippen molar-refractivity contribution in [1.29, 1.82) is 0 Å². The van der Waals surface area contributed by atoms with Crippen LogP contribution in [0.2, 0.25) is 5.02 Å². The molecule has 1 fully saturated rings. The Morgan fingerprint density at radius 2 is 1.45 bits per heavy atom. The van der Waals surface area contributed by atoms with E-state index in [1.807, 2.05) is 24.3 Å². The number of nitrogens with zero attached hydrogens (tertiary/aromatic N) is 1. The number of quaternary nitrogens is 1. The molecule has 3 aromatic carbocycles. The molecule has 3 aromatic rings. The summed E-state index contributed by atoms with van der Waals surface area (Å²) in [5.41, 5.74) is 3.66. The van der Waals surface area contributed by atoms with Crippen molar-refractivity contribution in [2.45, 2.75) is 6.04 Å². The van der Waals surface area contributed by atoms with E-state index in [2.05, 4.69) is 70.9 Å². The lowest BCUT2D eigenvalue weighted by atomic mass is 9.96. The molecule has 0 unspecified atom stereocenters. The fourth-order valence-electron chi connectivity index (χ4n) is 4.01. The Morgan fingerprint density at radius 3 is 2.00 bits per heavy atom. The number of piperazine rings is 1. The molecule has 0 atom stereocenters. The van der Waals surface area contributed by atoms with Gasteiger partial charge in [-0.3, -0.25) is 0 Å². The molecule has 0 saturated carbocycles. The summed E-state index contributed by atoms with van der Waals surface area (Å²) < 4.78 is 0. The van der Waals surface area contributed by atoms with Gasteiger partial charge in [-0.2, -0.15) is 0 Å². The smallest absolute Gasteiger partial charge is 0.173 e. The normalized spacial score (nSPS) is 14.8. The van der Waals surface area contributed by atoms with E-state index in [4.69, 9.17) is 23.8 Å². The van der Waals surface area contributed by atoms with Gasteiger partial charge >= 0.3 is 0 Å². The SMILES string of the molecule is S=C(Nc1cccc(Cl)c1)N1CC[NH+](C(c2ccccc2)c2ccccc2)CC1. The molecule has 1 aliphatic rings. The zero-order chi connectivity index (χ0) is 20.1. The topological polar surface area (TPSA) is 19.7 Å². The maximum Gasteiger partial charge on any atom is 0.173 e. The van der Waals surface area contributed by atoms with Crippen molar-refractivity contribution in [2.75, 3.05) is 31.5 Å². The molecule has 0 aliphatic carbocycles. The second-order valence-corrected chi connectivity index (χ2v) is 8.16. The van der Waals surface area contributed by atoms with Gasteiger partial charge in [0.1, 0.15) is 6.04 Å². The lowest BCUT2D eigenvalue weighted by molar-refractivity contribution is -0.929. The zero-order valence-corrected chi connectivity index (χ0v) is 17.8. The maximum absolute atomic E-state index is 6.08. The third-order valence-corrected chi connectivity index (χ3v) is 6.04. The van der Waals surface area contributed by atoms with Crippen LogP contribution >= 0.6 is 23.8 Å². The Kier molecular flexibility index (Phi) is 6.45. The van der Waals surface area contributed by atoms with Crippen molar-refractivity contribution in [3.63, 3.8) is 0 Å². The average Bonchev–Trinajstić information content (AvgIpc) is 2.76. The summed E-state index contributed by atoms with van der Waals surface area (Å²) >= 11 is 11.7. The summed E-state index contributed by atoms with van der Waals surface area (Å²) in [6.45, 7) is 3.92. The Bertz CT molecular complexity index is 901. The van der Waals surface area contributed by atoms with Crippen molar-refractivity contribution in [1.82, 2.24) is 4.90 Å². The number of rotatable bonds is 4. The summed E-state index contributed by atoms with van der Waals surface area (Å²) in [6, 6.07) is 29.7. The fraction of sp³-hybridized carbons (Fsp3) is 0.208. The quantitative estimate of drug-likeness (QED) is 0.619. The van der Waals surface area contributed by atoms with Gasteiger partial charge in [0.15, 0.2) is 5.11 Å². The van der Waals surface area contributed by atoms with Crippen LogP contribution < -0.4 is 10.2 Å². The molecule has 5 heteroatoms. The Morgan fingerprint density at radius 1 is 0.862 bits per heavy atom. The van der Waals surface area contributed by atoms with Crippen LogP contribution in [0.15, 0.2) is 84.9 Å². The first-order valence-corrected chi connectivity index (χ1v) is 10.8. The average molecular weight is 423 g/mol. The van der Waals surface area contributed by atoms with Crippen molar-refractivity contribution >= 4 is 34.6 Å². The van der Waals surface area contributed by atoms with Gasteiger partial charge in [-0.05, 0) is 30.4 Å². The molecule has 1 heterocycles. The molecular formula is C24H25ClN3S+. The Hall–Kier alpha value is -2.40. The minimum absolute atomic E-state index is 0.342. The van der Waals surface area contributed by atoms with Crippen LogP contribution in [0.1, 0.15) is 17.2 Å². The Balaban J connectivity index is 1.45. The van der Waals surface area contributed by atoms with Crippen molar-refractivity contribution in [2.24, 2.45) is 0 Å². The third kappa shape index (κ3) is 4.96. The van der Waals surface area contributed by atoms with Gasteiger partial charge in [0.2, 0.25) is 0 Å². The molecule has 0 spiro atoms.